The van der Waals surface area contributed by atoms with Gasteiger partial charge < -0.3 is 9.64 Å². The lowest BCUT2D eigenvalue weighted by molar-refractivity contribution is 0.110. The molecule has 22 heavy (non-hydrogen) atoms. The Labute approximate surface area is 132 Å². The number of methoxy groups -OCH3 is 1. The molecule has 0 aromatic heterocycles. The fraction of sp³-hybridized carbons (Fsp3) is 0.684. The van der Waals surface area contributed by atoms with E-state index in [1.807, 2.05) is 0 Å². The number of hydrogen-bond acceptors (Lipinski definition) is 2. The van der Waals surface area contributed by atoms with Crippen molar-refractivity contribution in [1.29, 1.82) is 0 Å². The normalized spacial score (nSPS) is 32.5. The van der Waals surface area contributed by atoms with E-state index >= 15 is 0 Å². The van der Waals surface area contributed by atoms with Gasteiger partial charge in [0, 0.05) is 11.6 Å². The van der Waals surface area contributed by atoms with Crippen LogP contribution in [0.2, 0.25) is 0 Å². The molecule has 3 aliphatic rings. The summed E-state index contributed by atoms with van der Waals surface area (Å²) >= 11 is 0. The summed E-state index contributed by atoms with van der Waals surface area (Å²) in [6.45, 7) is 2.33. The predicted molar refractivity (Wildman–Crippen MR) is 85.7 cm³/mol. The standard InChI is InChI=1S/C19H26FNO/c1-22-19-5-4-16(20)12-17(19)14-6-8-21(9-7-14)18-11-13-2-3-15(18)10-13/h4-5,12-15,18H,2-3,6-11H2,1H3/t13-,15?,18+/m0/s1. The van der Waals surface area contributed by atoms with Crippen LogP contribution >= 0.6 is 0 Å². The number of halogens is 1. The zero-order valence-corrected chi connectivity index (χ0v) is 13.4. The SMILES string of the molecule is COc1ccc(F)cc1C1CCN([C@@H]2C[C@H]3CCC2C3)CC1. The van der Waals surface area contributed by atoms with Crippen LogP contribution in [-0.4, -0.2) is 31.1 Å². The smallest absolute Gasteiger partial charge is 0.123 e. The number of piperidine rings is 1. The van der Waals surface area contributed by atoms with Gasteiger partial charge in [-0.3, -0.25) is 0 Å². The maximum Gasteiger partial charge on any atom is 0.123 e. The Kier molecular flexibility index (Phi) is 3.85. The second-order valence-electron chi connectivity index (χ2n) is 7.44. The Morgan fingerprint density at radius 2 is 1.91 bits per heavy atom. The van der Waals surface area contributed by atoms with Crippen molar-refractivity contribution < 1.29 is 9.13 Å². The third-order valence-electron chi connectivity index (χ3n) is 6.33. The molecule has 1 aromatic carbocycles. The van der Waals surface area contributed by atoms with E-state index in [1.165, 1.54) is 31.7 Å². The van der Waals surface area contributed by atoms with Gasteiger partial charge in [0.2, 0.25) is 0 Å². The molecule has 3 atom stereocenters. The highest BCUT2D eigenvalue weighted by atomic mass is 19.1. The summed E-state index contributed by atoms with van der Waals surface area (Å²) in [7, 11) is 1.68. The van der Waals surface area contributed by atoms with Crippen LogP contribution in [0.3, 0.4) is 0 Å². The summed E-state index contributed by atoms with van der Waals surface area (Å²) in [5.41, 5.74) is 1.06. The molecule has 1 aliphatic heterocycles. The molecule has 1 heterocycles. The molecule has 1 saturated heterocycles. The zero-order valence-electron chi connectivity index (χ0n) is 13.4. The number of nitrogens with zero attached hydrogens (tertiary/aromatic N) is 1. The summed E-state index contributed by atoms with van der Waals surface area (Å²) in [5, 5.41) is 0. The van der Waals surface area contributed by atoms with Crippen LogP contribution in [0.4, 0.5) is 4.39 Å². The number of likely N-dealkylation sites (tertiary alicyclic amines) is 1. The van der Waals surface area contributed by atoms with Gasteiger partial charge in [-0.15, -0.1) is 0 Å². The van der Waals surface area contributed by atoms with Crippen molar-refractivity contribution >= 4 is 0 Å². The molecule has 0 radical (unpaired) electrons. The predicted octanol–water partition coefficient (Wildman–Crippen LogP) is 4.20. The quantitative estimate of drug-likeness (QED) is 0.829. The molecule has 1 unspecified atom stereocenters. The van der Waals surface area contributed by atoms with E-state index in [0.29, 0.717) is 5.92 Å². The molecule has 2 saturated carbocycles. The average molecular weight is 303 g/mol. The molecule has 120 valence electrons. The first-order valence-corrected chi connectivity index (χ1v) is 8.82. The van der Waals surface area contributed by atoms with Crippen molar-refractivity contribution in [2.45, 2.75) is 50.5 Å². The fourth-order valence-electron chi connectivity index (χ4n) is 5.22. The lowest BCUT2D eigenvalue weighted by atomic mass is 9.86. The van der Waals surface area contributed by atoms with E-state index in [2.05, 4.69) is 4.90 Å². The molecular formula is C19H26FNO. The van der Waals surface area contributed by atoms with Crippen molar-refractivity contribution in [2.24, 2.45) is 11.8 Å². The zero-order chi connectivity index (χ0) is 15.1. The minimum absolute atomic E-state index is 0.147. The van der Waals surface area contributed by atoms with Gasteiger partial charge in [-0.25, -0.2) is 4.39 Å². The number of hydrogen-bond donors (Lipinski definition) is 0. The molecule has 3 fully saturated rings. The van der Waals surface area contributed by atoms with Crippen molar-refractivity contribution in [1.82, 2.24) is 4.90 Å². The van der Waals surface area contributed by atoms with E-state index in [9.17, 15) is 4.39 Å². The van der Waals surface area contributed by atoms with Crippen LogP contribution in [0.15, 0.2) is 18.2 Å². The summed E-state index contributed by atoms with van der Waals surface area (Å²) in [5.74, 6) is 3.12. The van der Waals surface area contributed by atoms with Gasteiger partial charge in [0.1, 0.15) is 11.6 Å². The van der Waals surface area contributed by atoms with E-state index < -0.39 is 0 Å². The largest absolute Gasteiger partial charge is 0.496 e. The summed E-state index contributed by atoms with van der Waals surface area (Å²) < 4.78 is 19.0. The van der Waals surface area contributed by atoms with Crippen LogP contribution in [0.5, 0.6) is 5.75 Å². The van der Waals surface area contributed by atoms with Gasteiger partial charge in [-0.2, -0.15) is 0 Å². The molecule has 0 N–H and O–H groups in total. The lowest BCUT2D eigenvalue weighted by Crippen LogP contribution is -2.43. The molecule has 0 spiro atoms. The Hall–Kier alpha value is -1.09. The highest BCUT2D eigenvalue weighted by Crippen LogP contribution is 2.47. The minimum Gasteiger partial charge on any atom is -0.496 e. The Morgan fingerprint density at radius 3 is 2.55 bits per heavy atom. The van der Waals surface area contributed by atoms with Crippen LogP contribution in [-0.2, 0) is 0 Å². The Bertz CT molecular complexity index is 538. The van der Waals surface area contributed by atoms with Gasteiger partial charge in [0.05, 0.1) is 7.11 Å². The van der Waals surface area contributed by atoms with Crippen LogP contribution in [0.25, 0.3) is 0 Å². The Balaban J connectivity index is 1.43. The van der Waals surface area contributed by atoms with E-state index in [0.717, 1.165) is 55.1 Å². The molecule has 2 aliphatic carbocycles. The second kappa shape index (κ2) is 5.84. The lowest BCUT2D eigenvalue weighted by Gasteiger charge is -2.40. The van der Waals surface area contributed by atoms with Gasteiger partial charge in [-0.05, 0) is 81.1 Å². The number of rotatable bonds is 3. The van der Waals surface area contributed by atoms with E-state index in [4.69, 9.17) is 4.74 Å². The van der Waals surface area contributed by atoms with Crippen molar-refractivity contribution in [3.05, 3.63) is 29.6 Å². The maximum atomic E-state index is 13.6. The van der Waals surface area contributed by atoms with Crippen molar-refractivity contribution in [3.63, 3.8) is 0 Å². The highest BCUT2D eigenvalue weighted by molar-refractivity contribution is 5.37. The first-order chi connectivity index (χ1) is 10.7. The summed E-state index contributed by atoms with van der Waals surface area (Å²) in [6, 6.07) is 5.78. The van der Waals surface area contributed by atoms with Crippen molar-refractivity contribution in [2.75, 3.05) is 20.2 Å². The van der Waals surface area contributed by atoms with Gasteiger partial charge in [0.25, 0.3) is 0 Å². The fourth-order valence-corrected chi connectivity index (χ4v) is 5.22. The number of ether oxygens (including phenoxy) is 1. The first kappa shape index (κ1) is 14.5. The number of fused-ring (bicyclic) bond motifs is 2. The topological polar surface area (TPSA) is 12.5 Å². The minimum atomic E-state index is -0.147. The molecule has 0 amide bonds. The third-order valence-corrected chi connectivity index (χ3v) is 6.33. The monoisotopic (exact) mass is 303 g/mol. The molecular weight excluding hydrogens is 277 g/mol. The summed E-state index contributed by atoms with van der Waals surface area (Å²) in [4.78, 5) is 2.73. The third kappa shape index (κ3) is 2.54. The summed E-state index contributed by atoms with van der Waals surface area (Å²) in [6.07, 6.45) is 8.09. The first-order valence-electron chi connectivity index (χ1n) is 8.82. The van der Waals surface area contributed by atoms with Gasteiger partial charge >= 0.3 is 0 Å². The molecule has 1 aromatic rings. The molecule has 4 rings (SSSR count). The average Bonchev–Trinajstić information content (AvgIpc) is 3.18. The molecule has 2 bridgehead atoms. The maximum absolute atomic E-state index is 13.6. The van der Waals surface area contributed by atoms with Crippen LogP contribution in [0.1, 0.15) is 50.0 Å². The number of benzene rings is 1. The Morgan fingerprint density at radius 1 is 1.09 bits per heavy atom. The van der Waals surface area contributed by atoms with Crippen LogP contribution < -0.4 is 4.74 Å². The van der Waals surface area contributed by atoms with E-state index in [1.54, 1.807) is 19.2 Å². The van der Waals surface area contributed by atoms with Gasteiger partial charge in [-0.1, -0.05) is 6.42 Å². The highest BCUT2D eigenvalue weighted by Gasteiger charge is 2.43. The second-order valence-corrected chi connectivity index (χ2v) is 7.44. The van der Waals surface area contributed by atoms with Crippen molar-refractivity contribution in [3.8, 4) is 5.75 Å². The molecule has 2 nitrogen and oxygen atoms in total. The van der Waals surface area contributed by atoms with Gasteiger partial charge in [0.15, 0.2) is 0 Å². The van der Waals surface area contributed by atoms with Crippen LogP contribution in [0, 0.1) is 17.7 Å². The molecule has 3 heteroatoms. The van der Waals surface area contributed by atoms with E-state index in [-0.39, 0.29) is 5.82 Å².